The summed E-state index contributed by atoms with van der Waals surface area (Å²) in [6, 6.07) is 6.38. The van der Waals surface area contributed by atoms with Crippen molar-refractivity contribution in [2.75, 3.05) is 0 Å². The lowest BCUT2D eigenvalue weighted by Crippen LogP contribution is -2.13. The van der Waals surface area contributed by atoms with E-state index in [9.17, 15) is 9.59 Å². The Kier molecular flexibility index (Phi) is 4.84. The van der Waals surface area contributed by atoms with Crippen molar-refractivity contribution in [3.8, 4) is 5.75 Å². The van der Waals surface area contributed by atoms with Gasteiger partial charge in [-0.05, 0) is 17.5 Å². The minimum Gasteiger partial charge on any atom is -0.464 e. The number of esters is 1. The second kappa shape index (κ2) is 7.21. The lowest BCUT2D eigenvalue weighted by atomic mass is 10.4. The highest BCUT2D eigenvalue weighted by Crippen LogP contribution is 2.19. The van der Waals surface area contributed by atoms with Crippen LogP contribution in [0, 0.1) is 0 Å². The molecule has 3 aromatic heterocycles. The van der Waals surface area contributed by atoms with E-state index in [4.69, 9.17) is 9.15 Å². The van der Waals surface area contributed by atoms with Crippen LogP contribution in [0.2, 0.25) is 0 Å². The number of ether oxygens (including phenoxy) is 1. The van der Waals surface area contributed by atoms with Crippen molar-refractivity contribution in [1.82, 2.24) is 9.97 Å². The zero-order valence-electron chi connectivity index (χ0n) is 11.7. The van der Waals surface area contributed by atoms with Crippen molar-refractivity contribution >= 4 is 29.1 Å². The Morgan fingerprint density at radius 1 is 1.30 bits per heavy atom. The average molecular weight is 346 g/mol. The molecule has 0 radical (unpaired) electrons. The highest BCUT2D eigenvalue weighted by atomic mass is 32.2. The first-order valence-corrected chi connectivity index (χ1v) is 8.36. The average Bonchev–Trinajstić information content (AvgIpc) is 3.11. The third-order valence-corrected chi connectivity index (χ3v) is 4.41. The minimum absolute atomic E-state index is 0.131. The first kappa shape index (κ1) is 15.4. The molecule has 3 aromatic rings. The van der Waals surface area contributed by atoms with Gasteiger partial charge in [0, 0.05) is 18.5 Å². The van der Waals surface area contributed by atoms with Crippen LogP contribution in [-0.2, 0) is 5.75 Å². The number of thiophene rings is 1. The van der Waals surface area contributed by atoms with Gasteiger partial charge in [0.2, 0.25) is 11.2 Å². The number of carbonyl (C=O) groups is 1. The van der Waals surface area contributed by atoms with E-state index in [0.717, 1.165) is 6.26 Å². The van der Waals surface area contributed by atoms with Crippen molar-refractivity contribution in [2.45, 2.75) is 10.9 Å². The lowest BCUT2D eigenvalue weighted by Gasteiger charge is -2.03. The molecule has 0 amide bonds. The molecule has 6 nitrogen and oxygen atoms in total. The minimum atomic E-state index is -0.577. The highest BCUT2D eigenvalue weighted by Gasteiger charge is 2.13. The van der Waals surface area contributed by atoms with Crippen LogP contribution in [0.4, 0.5) is 0 Å². The highest BCUT2D eigenvalue weighted by molar-refractivity contribution is 7.98. The summed E-state index contributed by atoms with van der Waals surface area (Å²) >= 11 is 2.58. The Morgan fingerprint density at radius 3 is 2.83 bits per heavy atom. The Morgan fingerprint density at radius 2 is 2.13 bits per heavy atom. The van der Waals surface area contributed by atoms with Crippen LogP contribution in [-0.4, -0.2) is 15.9 Å². The molecule has 8 heteroatoms. The first-order chi connectivity index (χ1) is 11.2. The fraction of sp³-hybridized carbons (Fsp3) is 0.0667. The van der Waals surface area contributed by atoms with Gasteiger partial charge in [0.15, 0.2) is 5.16 Å². The number of hydrogen-bond acceptors (Lipinski definition) is 8. The van der Waals surface area contributed by atoms with E-state index in [2.05, 4.69) is 9.97 Å². The molecule has 3 heterocycles. The molecule has 0 aliphatic rings. The van der Waals surface area contributed by atoms with E-state index in [-0.39, 0.29) is 5.75 Å². The maximum absolute atomic E-state index is 12.0. The quantitative estimate of drug-likeness (QED) is 0.399. The molecule has 0 saturated carbocycles. The summed E-state index contributed by atoms with van der Waals surface area (Å²) in [7, 11) is 0. The normalized spacial score (nSPS) is 10.4. The van der Waals surface area contributed by atoms with Gasteiger partial charge in [-0.15, -0.1) is 11.3 Å². The number of aromatic nitrogens is 2. The first-order valence-electron chi connectivity index (χ1n) is 6.49. The van der Waals surface area contributed by atoms with Gasteiger partial charge in [-0.1, -0.05) is 17.8 Å². The molecular weight excluding hydrogens is 336 g/mol. The van der Waals surface area contributed by atoms with Crippen molar-refractivity contribution in [1.29, 1.82) is 0 Å². The fourth-order valence-electron chi connectivity index (χ4n) is 1.63. The Labute approximate surface area is 139 Å². The third kappa shape index (κ3) is 4.05. The predicted octanol–water partition coefficient (Wildman–Crippen LogP) is 3.00. The molecule has 0 aromatic carbocycles. The summed E-state index contributed by atoms with van der Waals surface area (Å²) in [5.74, 6) is 0.141. The van der Waals surface area contributed by atoms with E-state index in [1.165, 1.54) is 29.2 Å². The summed E-state index contributed by atoms with van der Waals surface area (Å²) in [5, 5.41) is 2.34. The summed E-state index contributed by atoms with van der Waals surface area (Å²) in [4.78, 5) is 32.3. The molecule has 0 aliphatic heterocycles. The topological polar surface area (TPSA) is 82.3 Å². The zero-order chi connectivity index (χ0) is 16.1. The largest absolute Gasteiger partial charge is 0.464 e. The van der Waals surface area contributed by atoms with Gasteiger partial charge in [0.05, 0.1) is 5.75 Å². The van der Waals surface area contributed by atoms with Gasteiger partial charge in [-0.3, -0.25) is 4.79 Å². The van der Waals surface area contributed by atoms with Crippen molar-refractivity contribution < 1.29 is 13.9 Å². The summed E-state index contributed by atoms with van der Waals surface area (Å²) in [5.41, 5.74) is -0.411. The number of thioether (sulfide) groups is 1. The molecule has 0 unspecified atom stereocenters. The Bertz CT molecular complexity index is 847. The van der Waals surface area contributed by atoms with Gasteiger partial charge in [0.1, 0.15) is 16.9 Å². The van der Waals surface area contributed by atoms with Crippen LogP contribution in [0.3, 0.4) is 0 Å². The van der Waals surface area contributed by atoms with Crippen LogP contribution in [0.1, 0.15) is 15.4 Å². The second-order valence-corrected chi connectivity index (χ2v) is 6.15. The zero-order valence-corrected chi connectivity index (χ0v) is 13.3. The molecule has 0 aliphatic carbocycles. The summed E-state index contributed by atoms with van der Waals surface area (Å²) in [6.07, 6.45) is 4.42. The van der Waals surface area contributed by atoms with E-state index >= 15 is 0 Å². The Hall–Kier alpha value is -2.45. The van der Waals surface area contributed by atoms with Crippen LogP contribution < -0.4 is 10.2 Å². The van der Waals surface area contributed by atoms with Crippen molar-refractivity contribution in [2.24, 2.45) is 0 Å². The molecular formula is C15H10N2O4S2. The maximum atomic E-state index is 12.0. The fourth-order valence-corrected chi connectivity index (χ4v) is 2.92. The molecule has 116 valence electrons. The molecule has 0 N–H and O–H groups in total. The standard InChI is InChI=1S/C15H10N2O4S2/c18-11-7-10(9-23-15-16-4-2-5-17-15)20-8-12(11)21-14(19)13-3-1-6-22-13/h1-8H,9H2. The van der Waals surface area contributed by atoms with E-state index in [1.807, 2.05) is 0 Å². The monoisotopic (exact) mass is 346 g/mol. The van der Waals surface area contributed by atoms with E-state index in [1.54, 1.807) is 36.0 Å². The van der Waals surface area contributed by atoms with E-state index < -0.39 is 11.4 Å². The van der Waals surface area contributed by atoms with Gasteiger partial charge in [0.25, 0.3) is 0 Å². The van der Waals surface area contributed by atoms with Gasteiger partial charge in [-0.2, -0.15) is 0 Å². The molecule has 0 spiro atoms. The van der Waals surface area contributed by atoms with Crippen LogP contribution in [0.15, 0.2) is 62.7 Å². The molecule has 23 heavy (non-hydrogen) atoms. The number of hydrogen-bond donors (Lipinski definition) is 0. The van der Waals surface area contributed by atoms with Crippen LogP contribution in [0.25, 0.3) is 0 Å². The molecule has 0 fully saturated rings. The van der Waals surface area contributed by atoms with Crippen molar-refractivity contribution in [3.05, 3.63) is 69.2 Å². The van der Waals surface area contributed by atoms with Crippen molar-refractivity contribution in [3.63, 3.8) is 0 Å². The SMILES string of the molecule is O=C(Oc1coc(CSc2ncccn2)cc1=O)c1cccs1. The third-order valence-electron chi connectivity index (χ3n) is 2.66. The van der Waals surface area contributed by atoms with Crippen LogP contribution in [0.5, 0.6) is 5.75 Å². The number of rotatable bonds is 5. The second-order valence-electron chi connectivity index (χ2n) is 4.26. The molecule has 3 rings (SSSR count). The molecule has 0 saturated heterocycles. The van der Waals surface area contributed by atoms with Gasteiger partial charge < -0.3 is 9.15 Å². The van der Waals surface area contributed by atoms with Gasteiger partial charge >= 0.3 is 5.97 Å². The smallest absolute Gasteiger partial charge is 0.353 e. The number of carbonyl (C=O) groups excluding carboxylic acids is 1. The molecule has 0 atom stereocenters. The van der Waals surface area contributed by atoms with Gasteiger partial charge in [-0.25, -0.2) is 14.8 Å². The predicted molar refractivity (Wildman–Crippen MR) is 85.8 cm³/mol. The maximum Gasteiger partial charge on any atom is 0.353 e. The van der Waals surface area contributed by atoms with E-state index in [0.29, 0.717) is 21.5 Å². The summed E-state index contributed by atoms with van der Waals surface area (Å²) < 4.78 is 10.4. The molecule has 0 bridgehead atoms. The van der Waals surface area contributed by atoms with Crippen LogP contribution >= 0.6 is 23.1 Å². The lowest BCUT2D eigenvalue weighted by molar-refractivity contribution is 0.0734. The number of nitrogens with zero attached hydrogens (tertiary/aromatic N) is 2. The summed E-state index contributed by atoms with van der Waals surface area (Å²) in [6.45, 7) is 0. The Balaban J connectivity index is 1.66.